The van der Waals surface area contributed by atoms with Gasteiger partial charge in [-0.3, -0.25) is 18.6 Å². The maximum Gasteiger partial charge on any atom is 0.472 e. The van der Waals surface area contributed by atoms with E-state index in [1.807, 2.05) is 12.2 Å². The Morgan fingerprint density at radius 3 is 1.41 bits per heavy atom. The summed E-state index contributed by atoms with van der Waals surface area (Å²) in [6, 6.07) is 0. The fraction of sp³-hybridized carbons (Fsp3) is 0.787. The molecular weight excluding hydrogens is 803 g/mol. The van der Waals surface area contributed by atoms with Gasteiger partial charge >= 0.3 is 19.8 Å². The number of hydrogen-bond donors (Lipinski definition) is 6. The van der Waals surface area contributed by atoms with E-state index in [0.29, 0.717) is 19.3 Å². The monoisotopic (exact) mass is 887 g/mol. The molecule has 1 aliphatic carbocycles. The van der Waals surface area contributed by atoms with Crippen LogP contribution in [0.25, 0.3) is 0 Å². The zero-order valence-corrected chi connectivity index (χ0v) is 38.3. The van der Waals surface area contributed by atoms with E-state index in [9.17, 15) is 44.6 Å². The summed E-state index contributed by atoms with van der Waals surface area (Å²) in [5.41, 5.74) is 0. The third-order valence-corrected chi connectivity index (χ3v) is 11.6. The number of unbranched alkanes of at least 4 members (excludes halogenated alkanes) is 18. The quantitative estimate of drug-likeness (QED) is 0.0148. The van der Waals surface area contributed by atoms with Crippen LogP contribution in [0.15, 0.2) is 48.6 Å². The summed E-state index contributed by atoms with van der Waals surface area (Å²) >= 11 is 0. The van der Waals surface area contributed by atoms with Gasteiger partial charge in [-0.05, 0) is 70.6 Å². The molecule has 354 valence electrons. The van der Waals surface area contributed by atoms with E-state index in [-0.39, 0.29) is 12.8 Å². The van der Waals surface area contributed by atoms with E-state index in [2.05, 4.69) is 50.3 Å². The van der Waals surface area contributed by atoms with E-state index in [1.54, 1.807) is 0 Å². The maximum atomic E-state index is 12.8. The fourth-order valence-electron chi connectivity index (χ4n) is 6.83. The number of rotatable bonds is 38. The lowest BCUT2D eigenvalue weighted by Gasteiger charge is -2.41. The molecule has 1 rings (SSSR count). The van der Waals surface area contributed by atoms with Crippen molar-refractivity contribution < 1.29 is 63.1 Å². The average Bonchev–Trinajstić information content (AvgIpc) is 3.24. The highest BCUT2D eigenvalue weighted by Gasteiger charge is 2.51. The van der Waals surface area contributed by atoms with Crippen LogP contribution in [0.4, 0.5) is 0 Å². The first kappa shape index (κ1) is 56.8. The van der Waals surface area contributed by atoms with E-state index in [0.717, 1.165) is 57.8 Å². The molecule has 14 heteroatoms. The zero-order chi connectivity index (χ0) is 45.0. The largest absolute Gasteiger partial charge is 0.472 e. The van der Waals surface area contributed by atoms with Gasteiger partial charge in [0.25, 0.3) is 0 Å². The SMILES string of the molecule is CCCCC/C=C/C/C=C/CCCCCCCC(=O)OC[C@H](COP(=O)(O)OC1C(O)C(O)C(O)[C@H](O)C1O)OC(=O)CCC/C=C/C/C=C/CCCCCCCCCCC. The van der Waals surface area contributed by atoms with Gasteiger partial charge in [-0.15, -0.1) is 0 Å². The van der Waals surface area contributed by atoms with Crippen molar-refractivity contribution in [3.63, 3.8) is 0 Å². The predicted octanol–water partition coefficient (Wildman–Crippen LogP) is 9.17. The summed E-state index contributed by atoms with van der Waals surface area (Å²) < 4.78 is 33.5. The average molecular weight is 887 g/mol. The van der Waals surface area contributed by atoms with Crippen molar-refractivity contribution in [1.82, 2.24) is 0 Å². The van der Waals surface area contributed by atoms with Crippen LogP contribution in [-0.4, -0.2) is 98.3 Å². The molecule has 0 aromatic heterocycles. The van der Waals surface area contributed by atoms with Gasteiger partial charge in [-0.2, -0.15) is 0 Å². The van der Waals surface area contributed by atoms with Crippen LogP contribution >= 0.6 is 7.82 Å². The number of hydrogen-bond acceptors (Lipinski definition) is 12. The first-order valence-electron chi connectivity index (χ1n) is 23.4. The van der Waals surface area contributed by atoms with Crippen LogP contribution in [0.1, 0.15) is 181 Å². The number of aliphatic hydroxyl groups excluding tert-OH is 5. The second-order valence-electron chi connectivity index (χ2n) is 16.3. The number of phosphoric acid groups is 1. The van der Waals surface area contributed by atoms with Crippen molar-refractivity contribution in [1.29, 1.82) is 0 Å². The normalized spacial score (nSPS) is 22.4. The summed E-state index contributed by atoms with van der Waals surface area (Å²) in [7, 11) is -5.13. The summed E-state index contributed by atoms with van der Waals surface area (Å²) in [6.45, 7) is 3.22. The summed E-state index contributed by atoms with van der Waals surface area (Å²) in [5.74, 6) is -1.17. The van der Waals surface area contributed by atoms with Crippen LogP contribution in [0, 0.1) is 0 Å². The molecule has 0 aromatic rings. The Hall–Kier alpha value is -2.19. The van der Waals surface area contributed by atoms with E-state index < -0.39 is 75.7 Å². The van der Waals surface area contributed by atoms with Gasteiger partial charge in [0.1, 0.15) is 43.2 Å². The van der Waals surface area contributed by atoms with Gasteiger partial charge in [-0.1, -0.05) is 146 Å². The Bertz CT molecular complexity index is 1250. The second kappa shape index (κ2) is 37.2. The Kier molecular flexibility index (Phi) is 34.7. The van der Waals surface area contributed by atoms with Gasteiger partial charge in [0.2, 0.25) is 0 Å². The first-order chi connectivity index (χ1) is 29.4. The summed E-state index contributed by atoms with van der Waals surface area (Å²) in [4.78, 5) is 35.7. The van der Waals surface area contributed by atoms with Crippen LogP contribution in [0.3, 0.4) is 0 Å². The first-order valence-corrected chi connectivity index (χ1v) is 24.9. The molecule has 6 N–H and O–H groups in total. The number of carbonyl (C=O) groups is 2. The molecule has 0 radical (unpaired) electrons. The molecule has 0 aromatic carbocycles. The molecule has 1 saturated carbocycles. The molecule has 6 unspecified atom stereocenters. The molecular formula is C47H83O13P. The number of aliphatic hydroxyl groups is 5. The number of phosphoric ester groups is 1. The molecule has 8 atom stereocenters. The van der Waals surface area contributed by atoms with Crippen LogP contribution in [0.5, 0.6) is 0 Å². The highest BCUT2D eigenvalue weighted by atomic mass is 31.2. The lowest BCUT2D eigenvalue weighted by atomic mass is 9.85. The van der Waals surface area contributed by atoms with Crippen molar-refractivity contribution >= 4 is 19.8 Å². The lowest BCUT2D eigenvalue weighted by molar-refractivity contribution is -0.220. The number of carbonyl (C=O) groups excluding carboxylic acids is 2. The third kappa shape index (κ3) is 29.7. The Morgan fingerprint density at radius 2 is 0.902 bits per heavy atom. The van der Waals surface area contributed by atoms with Crippen molar-refractivity contribution in [2.45, 2.75) is 224 Å². The van der Waals surface area contributed by atoms with Crippen LogP contribution < -0.4 is 0 Å². The minimum Gasteiger partial charge on any atom is -0.462 e. The molecule has 13 nitrogen and oxygen atoms in total. The van der Waals surface area contributed by atoms with E-state index in [4.69, 9.17) is 18.5 Å². The minimum atomic E-state index is -5.13. The third-order valence-electron chi connectivity index (χ3n) is 10.6. The molecule has 1 aliphatic rings. The van der Waals surface area contributed by atoms with Gasteiger partial charge < -0.3 is 39.9 Å². The van der Waals surface area contributed by atoms with Crippen molar-refractivity contribution in [2.75, 3.05) is 13.2 Å². The van der Waals surface area contributed by atoms with Gasteiger partial charge in [0.05, 0.1) is 6.61 Å². The van der Waals surface area contributed by atoms with Crippen molar-refractivity contribution in [3.8, 4) is 0 Å². The number of ether oxygens (including phenoxy) is 2. The van der Waals surface area contributed by atoms with E-state index in [1.165, 1.54) is 77.0 Å². The minimum absolute atomic E-state index is 0.0288. The van der Waals surface area contributed by atoms with Crippen LogP contribution in [0.2, 0.25) is 0 Å². The van der Waals surface area contributed by atoms with E-state index >= 15 is 0 Å². The summed E-state index contributed by atoms with van der Waals surface area (Å²) in [5, 5.41) is 50.1. The fourth-order valence-corrected chi connectivity index (χ4v) is 7.80. The zero-order valence-electron chi connectivity index (χ0n) is 37.4. The van der Waals surface area contributed by atoms with Crippen LogP contribution in [-0.2, 0) is 32.7 Å². The molecule has 0 saturated heterocycles. The predicted molar refractivity (Wildman–Crippen MR) is 239 cm³/mol. The standard InChI is InChI=1S/C47H83O13P/c1-3-5-7-9-11-13-15-17-19-20-22-24-26-28-30-32-34-36-41(49)59-39(38-58-61(55,56)60-47-45(53)43(51)42(50)44(52)46(47)54)37-57-40(48)35-33-31-29-27-25-23-21-18-16-14-12-10-8-6-4-2/h12,14,18,21-22,24,28,30,39,42-47,50-54H,3-11,13,15-17,19-20,23,25-27,29,31-38H2,1-2H3,(H,55,56)/b14-12+,21-18+,24-22+,30-28+/t39-,42?,43+,44?,45?,46?,47?/m1/s1. The molecule has 0 aliphatic heterocycles. The highest BCUT2D eigenvalue weighted by Crippen LogP contribution is 2.47. The second-order valence-corrected chi connectivity index (χ2v) is 17.7. The highest BCUT2D eigenvalue weighted by molar-refractivity contribution is 7.47. The topological polar surface area (TPSA) is 210 Å². The maximum absolute atomic E-state index is 12.8. The molecule has 0 amide bonds. The smallest absolute Gasteiger partial charge is 0.462 e. The Morgan fingerprint density at radius 1 is 0.508 bits per heavy atom. The van der Waals surface area contributed by atoms with Gasteiger partial charge in [0, 0.05) is 12.8 Å². The Balaban J connectivity index is 2.50. The van der Waals surface area contributed by atoms with Crippen molar-refractivity contribution in [3.05, 3.63) is 48.6 Å². The summed E-state index contributed by atoms with van der Waals surface area (Å²) in [6.07, 6.45) is 30.3. The lowest BCUT2D eigenvalue weighted by Crippen LogP contribution is -2.64. The molecule has 0 bridgehead atoms. The Labute approximate surface area is 367 Å². The number of esters is 2. The number of allylic oxidation sites excluding steroid dienone is 8. The molecule has 0 spiro atoms. The van der Waals surface area contributed by atoms with Gasteiger partial charge in [-0.25, -0.2) is 4.57 Å². The van der Waals surface area contributed by atoms with Gasteiger partial charge in [0.15, 0.2) is 6.10 Å². The molecule has 61 heavy (non-hydrogen) atoms. The molecule has 0 heterocycles. The molecule has 1 fully saturated rings. The van der Waals surface area contributed by atoms with Crippen molar-refractivity contribution in [2.24, 2.45) is 0 Å².